The lowest BCUT2D eigenvalue weighted by molar-refractivity contribution is -0.132. The van der Waals surface area contributed by atoms with Crippen molar-refractivity contribution < 1.29 is 14.3 Å². The Morgan fingerprint density at radius 1 is 1.10 bits per heavy atom. The fourth-order valence-electron chi connectivity index (χ4n) is 5.88. The highest BCUT2D eigenvalue weighted by Gasteiger charge is 2.29. The molecule has 4 aromatic rings. The Hall–Kier alpha value is -3.95. The van der Waals surface area contributed by atoms with Crippen LogP contribution in [0.2, 0.25) is 0 Å². The second-order valence-electron chi connectivity index (χ2n) is 10.8. The number of piperidine rings is 1. The average Bonchev–Trinajstić information content (AvgIpc) is 3.37. The van der Waals surface area contributed by atoms with Crippen molar-refractivity contribution in [1.29, 1.82) is 0 Å². The summed E-state index contributed by atoms with van der Waals surface area (Å²) in [7, 11) is 3.38. The second kappa shape index (κ2) is 13.1. The molecule has 0 saturated carbocycles. The summed E-state index contributed by atoms with van der Waals surface area (Å²) >= 11 is 0. The van der Waals surface area contributed by atoms with E-state index in [1.165, 1.54) is 5.69 Å². The van der Waals surface area contributed by atoms with Crippen LogP contribution in [-0.2, 0) is 22.5 Å². The highest BCUT2D eigenvalue weighted by atomic mass is 16.5. The first-order valence-corrected chi connectivity index (χ1v) is 14.3. The predicted molar refractivity (Wildman–Crippen MR) is 162 cm³/mol. The van der Waals surface area contributed by atoms with Crippen LogP contribution in [0, 0.1) is 0 Å². The smallest absolute Gasteiger partial charge is 0.224 e. The van der Waals surface area contributed by atoms with Crippen LogP contribution >= 0.6 is 0 Å². The summed E-state index contributed by atoms with van der Waals surface area (Å²) in [6.45, 7) is 2.98. The molecule has 0 aliphatic carbocycles. The first-order valence-electron chi connectivity index (χ1n) is 14.3. The van der Waals surface area contributed by atoms with E-state index in [1.807, 2.05) is 17.0 Å². The third kappa shape index (κ3) is 6.69. The summed E-state index contributed by atoms with van der Waals surface area (Å²) in [5.41, 5.74) is 17.7. The van der Waals surface area contributed by atoms with Crippen LogP contribution < -0.4 is 16.2 Å². The first kappa shape index (κ1) is 28.6. The van der Waals surface area contributed by atoms with Gasteiger partial charge in [0.15, 0.2) is 0 Å². The van der Waals surface area contributed by atoms with Gasteiger partial charge in [-0.3, -0.25) is 4.79 Å². The Morgan fingerprint density at radius 2 is 1.90 bits per heavy atom. The van der Waals surface area contributed by atoms with E-state index in [1.54, 1.807) is 32.7 Å². The molecule has 0 bridgehead atoms. The van der Waals surface area contributed by atoms with Crippen molar-refractivity contribution >= 4 is 22.6 Å². The normalized spacial score (nSPS) is 16.2. The van der Waals surface area contributed by atoms with E-state index < -0.39 is 0 Å². The lowest BCUT2D eigenvalue weighted by Gasteiger charge is -2.34. The van der Waals surface area contributed by atoms with E-state index >= 15 is 0 Å². The Bertz CT molecular complexity index is 1450. The van der Waals surface area contributed by atoms with E-state index in [4.69, 9.17) is 20.9 Å². The number of pyridine rings is 2. The number of nitrogen functional groups attached to an aromatic ring is 1. The third-order valence-corrected chi connectivity index (χ3v) is 7.95. The number of likely N-dealkylation sites (tertiary alicyclic amines) is 1. The van der Waals surface area contributed by atoms with Gasteiger partial charge in [-0.1, -0.05) is 24.3 Å². The predicted octanol–water partition coefficient (Wildman–Crippen LogP) is 4.39. The van der Waals surface area contributed by atoms with Crippen molar-refractivity contribution in [3.8, 4) is 17.0 Å². The molecule has 3 aromatic heterocycles. The van der Waals surface area contributed by atoms with Crippen LogP contribution in [-0.4, -0.2) is 65.3 Å². The number of amides is 1. The molecular weight excluding hydrogens is 516 g/mol. The van der Waals surface area contributed by atoms with Crippen molar-refractivity contribution in [2.45, 2.75) is 50.6 Å². The number of aromatic nitrogens is 3. The Morgan fingerprint density at radius 3 is 2.63 bits per heavy atom. The minimum absolute atomic E-state index is 0.119. The van der Waals surface area contributed by atoms with Gasteiger partial charge in [0.1, 0.15) is 5.82 Å². The average molecular weight is 557 g/mol. The number of benzene rings is 1. The Labute approximate surface area is 241 Å². The van der Waals surface area contributed by atoms with E-state index in [-0.39, 0.29) is 17.9 Å². The lowest BCUT2D eigenvalue weighted by Crippen LogP contribution is -2.42. The second-order valence-corrected chi connectivity index (χ2v) is 10.8. The van der Waals surface area contributed by atoms with E-state index in [9.17, 15) is 4.79 Å². The van der Waals surface area contributed by atoms with Gasteiger partial charge in [0, 0.05) is 75.4 Å². The molecule has 4 N–H and O–H groups in total. The van der Waals surface area contributed by atoms with Gasteiger partial charge in [0.2, 0.25) is 11.8 Å². The van der Waals surface area contributed by atoms with Gasteiger partial charge in [0.25, 0.3) is 0 Å². The molecule has 41 heavy (non-hydrogen) atoms. The molecule has 2 unspecified atom stereocenters. The van der Waals surface area contributed by atoms with Crippen molar-refractivity contribution in [3.63, 3.8) is 0 Å². The van der Waals surface area contributed by atoms with Crippen molar-refractivity contribution in [3.05, 3.63) is 72.2 Å². The first-order chi connectivity index (χ1) is 20.0. The number of aryl methyl sites for hydroxylation is 1. The molecule has 0 spiro atoms. The molecule has 1 saturated heterocycles. The Kier molecular flexibility index (Phi) is 9.16. The summed E-state index contributed by atoms with van der Waals surface area (Å²) in [5, 5.41) is 1.01. The number of fused-ring (bicyclic) bond motifs is 1. The molecule has 4 heterocycles. The monoisotopic (exact) mass is 556 g/mol. The molecule has 1 amide bonds. The zero-order valence-electron chi connectivity index (χ0n) is 24.0. The van der Waals surface area contributed by atoms with E-state index in [0.29, 0.717) is 37.7 Å². The minimum Gasteiger partial charge on any atom is -0.481 e. The molecule has 1 aliphatic heterocycles. The molecule has 2 atom stereocenters. The molecule has 1 aromatic carbocycles. The summed E-state index contributed by atoms with van der Waals surface area (Å²) < 4.78 is 13.2. The maximum absolute atomic E-state index is 13.4. The third-order valence-electron chi connectivity index (χ3n) is 7.95. The van der Waals surface area contributed by atoms with Crippen LogP contribution in [0.25, 0.3) is 22.0 Å². The van der Waals surface area contributed by atoms with Gasteiger partial charge in [0.05, 0.1) is 18.0 Å². The van der Waals surface area contributed by atoms with Gasteiger partial charge >= 0.3 is 0 Å². The number of carbonyl (C=O) groups excluding carboxylic acids is 1. The lowest BCUT2D eigenvalue weighted by atomic mass is 9.93. The van der Waals surface area contributed by atoms with Gasteiger partial charge in [-0.15, -0.1) is 0 Å². The van der Waals surface area contributed by atoms with Gasteiger partial charge in [-0.05, 0) is 61.1 Å². The van der Waals surface area contributed by atoms with Crippen molar-refractivity contribution in [2.75, 3.05) is 39.6 Å². The van der Waals surface area contributed by atoms with Gasteiger partial charge < -0.3 is 30.4 Å². The molecule has 0 radical (unpaired) electrons. The summed E-state index contributed by atoms with van der Waals surface area (Å²) in [6.07, 6.45) is 7.42. The summed E-state index contributed by atoms with van der Waals surface area (Å²) in [4.78, 5) is 24.0. The zero-order chi connectivity index (χ0) is 28.8. The highest BCUT2D eigenvalue weighted by molar-refractivity contribution is 5.86. The highest BCUT2D eigenvalue weighted by Crippen LogP contribution is 2.35. The van der Waals surface area contributed by atoms with Crippen LogP contribution in [0.5, 0.6) is 5.88 Å². The van der Waals surface area contributed by atoms with E-state index in [2.05, 4.69) is 44.9 Å². The molecule has 216 valence electrons. The number of anilines is 1. The number of hydrogen-bond donors (Lipinski definition) is 2. The standard InChI is InChI=1S/C32H40N6O3/c1-40-16-4-15-38-28-12-13-35-32(41-2)27(28)19-29(38)25-5-3-14-37(21-25)31(39)18-26(33)17-22-6-8-23(9-7-22)24-10-11-30(34)36-20-24/h6-13,19-20,25-26H,3-5,14-18,21,33H2,1-2H3,(H2,34,36). The van der Waals surface area contributed by atoms with Crippen LogP contribution in [0.15, 0.2) is 60.9 Å². The number of rotatable bonds is 11. The number of nitrogens with zero attached hydrogens (tertiary/aromatic N) is 4. The maximum atomic E-state index is 13.4. The van der Waals surface area contributed by atoms with Crippen LogP contribution in [0.3, 0.4) is 0 Å². The Balaban J connectivity index is 1.24. The van der Waals surface area contributed by atoms with Gasteiger partial charge in [-0.25, -0.2) is 9.97 Å². The fraction of sp³-hybridized carbons (Fsp3) is 0.406. The minimum atomic E-state index is -0.247. The molecular formula is C32H40N6O3. The number of hydrogen-bond acceptors (Lipinski definition) is 7. The number of methoxy groups -OCH3 is 2. The zero-order valence-corrected chi connectivity index (χ0v) is 24.0. The molecule has 9 nitrogen and oxygen atoms in total. The molecule has 1 fully saturated rings. The maximum Gasteiger partial charge on any atom is 0.224 e. The van der Waals surface area contributed by atoms with Crippen molar-refractivity contribution in [2.24, 2.45) is 5.73 Å². The van der Waals surface area contributed by atoms with Gasteiger partial charge in [-0.2, -0.15) is 0 Å². The molecule has 1 aliphatic rings. The number of nitrogens with two attached hydrogens (primary N) is 2. The van der Waals surface area contributed by atoms with E-state index in [0.717, 1.165) is 59.9 Å². The molecule has 5 rings (SSSR count). The topological polar surface area (TPSA) is 122 Å². The van der Waals surface area contributed by atoms with Crippen LogP contribution in [0.1, 0.15) is 42.9 Å². The fourth-order valence-corrected chi connectivity index (χ4v) is 5.88. The molecule has 9 heteroatoms. The number of ether oxygens (including phenoxy) is 2. The summed E-state index contributed by atoms with van der Waals surface area (Å²) in [5.74, 6) is 1.48. The largest absolute Gasteiger partial charge is 0.481 e. The quantitative estimate of drug-likeness (QED) is 0.263. The SMILES string of the molecule is COCCCn1c(C2CCCN(C(=O)CC(N)Cc3ccc(-c4ccc(N)nc4)cc3)C2)cc2c(OC)nccc21. The number of carbonyl (C=O) groups is 1. The van der Waals surface area contributed by atoms with Crippen molar-refractivity contribution in [1.82, 2.24) is 19.4 Å². The van der Waals surface area contributed by atoms with Crippen LogP contribution in [0.4, 0.5) is 5.82 Å². The summed E-state index contributed by atoms with van der Waals surface area (Å²) in [6, 6.07) is 16.0.